The van der Waals surface area contributed by atoms with E-state index >= 15 is 0 Å². The van der Waals surface area contributed by atoms with Gasteiger partial charge in [-0.05, 0) is 47.0 Å². The highest BCUT2D eigenvalue weighted by Crippen LogP contribution is 2.29. The van der Waals surface area contributed by atoms with E-state index in [1.807, 2.05) is 6.92 Å². The molecule has 0 saturated heterocycles. The maximum atomic E-state index is 13.7. The molecular weight excluding hydrogens is 337 g/mol. The Morgan fingerprint density at radius 2 is 2.00 bits per heavy atom. The van der Waals surface area contributed by atoms with Crippen LogP contribution in [0.1, 0.15) is 24.5 Å². The maximum Gasteiger partial charge on any atom is 0.148 e. The summed E-state index contributed by atoms with van der Waals surface area (Å²) < 4.78 is 14.1. The van der Waals surface area contributed by atoms with Crippen LogP contribution in [0.3, 0.4) is 0 Å². The molecule has 7 heteroatoms. The highest BCUT2D eigenvalue weighted by molar-refractivity contribution is 9.10. The van der Waals surface area contributed by atoms with Crippen molar-refractivity contribution in [2.75, 3.05) is 10.7 Å². The number of nitrogens with two attached hydrogens (primary N) is 1. The number of nitrogens with one attached hydrogen (secondary N) is 2. The summed E-state index contributed by atoms with van der Waals surface area (Å²) in [5.41, 5.74) is 5.02. The third-order valence-corrected chi connectivity index (χ3v) is 3.71. The predicted octanol–water partition coefficient (Wildman–Crippen LogP) is 3.67. The molecule has 0 aliphatic carbocycles. The summed E-state index contributed by atoms with van der Waals surface area (Å²) in [4.78, 5) is 8.35. The Bertz CT molecular complexity index is 648. The highest BCUT2D eigenvalue weighted by Gasteiger charge is 2.12. The van der Waals surface area contributed by atoms with Gasteiger partial charge in [0.1, 0.15) is 23.8 Å². The minimum Gasteiger partial charge on any atom is -0.340 e. The average Bonchev–Trinajstić information content (AvgIpc) is 2.46. The molecule has 1 aromatic carbocycles. The van der Waals surface area contributed by atoms with E-state index in [0.717, 1.165) is 24.0 Å². The number of nitrogens with zero attached hydrogens (tertiary/aromatic N) is 2. The van der Waals surface area contributed by atoms with Gasteiger partial charge in [0.15, 0.2) is 0 Å². The van der Waals surface area contributed by atoms with Crippen LogP contribution in [-0.4, -0.2) is 9.97 Å². The van der Waals surface area contributed by atoms with Crippen molar-refractivity contribution < 1.29 is 4.39 Å². The van der Waals surface area contributed by atoms with E-state index in [2.05, 4.69) is 43.6 Å². The second kappa shape index (κ2) is 6.82. The van der Waals surface area contributed by atoms with Gasteiger partial charge < -0.3 is 10.7 Å². The first kappa shape index (κ1) is 15.7. The van der Waals surface area contributed by atoms with Gasteiger partial charge in [0.05, 0.1) is 4.47 Å². The molecule has 0 atom stereocenters. The molecule has 4 N–H and O–H groups in total. The van der Waals surface area contributed by atoms with Crippen molar-refractivity contribution in [2.24, 2.45) is 5.84 Å². The number of hydrogen-bond acceptors (Lipinski definition) is 5. The summed E-state index contributed by atoms with van der Waals surface area (Å²) in [6.45, 7) is 3.96. The molecule has 1 heterocycles. The van der Waals surface area contributed by atoms with Crippen LogP contribution < -0.4 is 16.6 Å². The van der Waals surface area contributed by atoms with Gasteiger partial charge in [-0.15, -0.1) is 0 Å². The van der Waals surface area contributed by atoms with Crippen molar-refractivity contribution in [2.45, 2.75) is 26.7 Å². The fourth-order valence-electron chi connectivity index (χ4n) is 2.04. The van der Waals surface area contributed by atoms with Crippen molar-refractivity contribution in [1.82, 2.24) is 9.97 Å². The van der Waals surface area contributed by atoms with Crippen LogP contribution in [0.5, 0.6) is 0 Å². The Hall–Kier alpha value is -1.73. The molecule has 0 spiro atoms. The van der Waals surface area contributed by atoms with Crippen molar-refractivity contribution in [3.8, 4) is 0 Å². The van der Waals surface area contributed by atoms with Crippen LogP contribution >= 0.6 is 15.9 Å². The minimum atomic E-state index is -0.327. The van der Waals surface area contributed by atoms with Crippen molar-refractivity contribution in [1.29, 1.82) is 0 Å². The normalized spacial score (nSPS) is 10.5. The van der Waals surface area contributed by atoms with E-state index in [0.29, 0.717) is 21.8 Å². The first-order valence-corrected chi connectivity index (χ1v) is 7.39. The van der Waals surface area contributed by atoms with E-state index in [9.17, 15) is 4.39 Å². The zero-order valence-corrected chi connectivity index (χ0v) is 13.5. The van der Waals surface area contributed by atoms with Crippen LogP contribution in [-0.2, 0) is 6.42 Å². The standard InChI is InChI=1S/C14H17BrFN5/c1-3-4-9-13(18-7-19-14(9)21-17)20-12-6-11(16)10(15)5-8(12)2/h5-7H,3-4,17H2,1-2H3,(H2,18,19,20,21). The van der Waals surface area contributed by atoms with Crippen LogP contribution in [0.15, 0.2) is 22.9 Å². The molecule has 0 radical (unpaired) electrons. The largest absolute Gasteiger partial charge is 0.340 e. The Balaban J connectivity index is 2.42. The number of hydrazine groups is 1. The van der Waals surface area contributed by atoms with Gasteiger partial charge in [-0.2, -0.15) is 0 Å². The van der Waals surface area contributed by atoms with E-state index in [1.165, 1.54) is 12.4 Å². The number of hydrogen-bond donors (Lipinski definition) is 3. The molecule has 21 heavy (non-hydrogen) atoms. The number of benzene rings is 1. The molecule has 1 aromatic heterocycles. The maximum absolute atomic E-state index is 13.7. The number of aromatic nitrogens is 2. The van der Waals surface area contributed by atoms with Crippen molar-refractivity contribution >= 4 is 33.3 Å². The highest BCUT2D eigenvalue weighted by atomic mass is 79.9. The number of anilines is 3. The third kappa shape index (κ3) is 3.48. The number of aryl methyl sites for hydroxylation is 1. The summed E-state index contributed by atoms with van der Waals surface area (Å²) in [5.74, 6) is 6.36. The van der Waals surface area contributed by atoms with Crippen LogP contribution in [0.25, 0.3) is 0 Å². The van der Waals surface area contributed by atoms with Gasteiger partial charge >= 0.3 is 0 Å². The van der Waals surface area contributed by atoms with Crippen LogP contribution in [0, 0.1) is 12.7 Å². The monoisotopic (exact) mass is 353 g/mol. The van der Waals surface area contributed by atoms with Gasteiger partial charge in [0.2, 0.25) is 0 Å². The fourth-order valence-corrected chi connectivity index (χ4v) is 2.50. The Morgan fingerprint density at radius 1 is 1.29 bits per heavy atom. The summed E-state index contributed by atoms with van der Waals surface area (Å²) in [6.07, 6.45) is 3.10. The average molecular weight is 354 g/mol. The summed E-state index contributed by atoms with van der Waals surface area (Å²) >= 11 is 3.17. The minimum absolute atomic E-state index is 0.327. The molecule has 0 unspecified atom stereocenters. The second-order valence-electron chi connectivity index (χ2n) is 4.65. The van der Waals surface area contributed by atoms with E-state index in [-0.39, 0.29) is 5.82 Å². The topological polar surface area (TPSA) is 75.9 Å². The Morgan fingerprint density at radius 3 is 2.67 bits per heavy atom. The molecular formula is C14H17BrFN5. The molecule has 0 aliphatic rings. The number of rotatable bonds is 5. The molecule has 5 nitrogen and oxygen atoms in total. The Labute approximate surface area is 131 Å². The number of halogens is 2. The lowest BCUT2D eigenvalue weighted by molar-refractivity contribution is 0.621. The lowest BCUT2D eigenvalue weighted by atomic mass is 10.1. The first-order chi connectivity index (χ1) is 10.1. The van der Waals surface area contributed by atoms with E-state index < -0.39 is 0 Å². The van der Waals surface area contributed by atoms with Crippen molar-refractivity contribution in [3.63, 3.8) is 0 Å². The predicted molar refractivity (Wildman–Crippen MR) is 86.0 cm³/mol. The summed E-state index contributed by atoms with van der Waals surface area (Å²) in [5, 5.41) is 3.16. The molecule has 0 bridgehead atoms. The zero-order chi connectivity index (χ0) is 15.4. The quantitative estimate of drug-likeness (QED) is 0.564. The molecule has 2 rings (SSSR count). The lowest BCUT2D eigenvalue weighted by Gasteiger charge is -2.15. The van der Waals surface area contributed by atoms with Crippen molar-refractivity contribution in [3.05, 3.63) is 39.9 Å². The summed E-state index contributed by atoms with van der Waals surface area (Å²) in [6, 6.07) is 3.16. The van der Waals surface area contributed by atoms with E-state index in [1.54, 1.807) is 6.07 Å². The molecule has 0 amide bonds. The van der Waals surface area contributed by atoms with Crippen LogP contribution in [0.4, 0.5) is 21.7 Å². The van der Waals surface area contributed by atoms with Gasteiger partial charge in [-0.1, -0.05) is 13.3 Å². The number of nitrogen functional groups attached to an aromatic ring is 1. The third-order valence-electron chi connectivity index (χ3n) is 3.10. The molecule has 0 aliphatic heterocycles. The van der Waals surface area contributed by atoms with Gasteiger partial charge in [0.25, 0.3) is 0 Å². The molecule has 112 valence electrons. The van der Waals surface area contributed by atoms with Gasteiger partial charge in [-0.3, -0.25) is 0 Å². The Kier molecular flexibility index (Phi) is 5.08. The first-order valence-electron chi connectivity index (χ1n) is 6.60. The fraction of sp³-hybridized carbons (Fsp3) is 0.286. The van der Waals surface area contributed by atoms with E-state index in [4.69, 9.17) is 5.84 Å². The SMILES string of the molecule is CCCc1c(NN)ncnc1Nc1cc(F)c(Br)cc1C. The van der Waals surface area contributed by atoms with Gasteiger partial charge in [-0.25, -0.2) is 20.2 Å². The van der Waals surface area contributed by atoms with Gasteiger partial charge in [0, 0.05) is 11.3 Å². The summed E-state index contributed by atoms with van der Waals surface area (Å²) in [7, 11) is 0. The van der Waals surface area contributed by atoms with Crippen LogP contribution in [0.2, 0.25) is 0 Å². The molecule has 0 saturated carbocycles. The smallest absolute Gasteiger partial charge is 0.148 e. The zero-order valence-electron chi connectivity index (χ0n) is 11.9. The molecule has 2 aromatic rings. The molecule has 0 fully saturated rings. The second-order valence-corrected chi connectivity index (χ2v) is 5.50. The lowest BCUT2D eigenvalue weighted by Crippen LogP contribution is -2.13.